The van der Waals surface area contributed by atoms with E-state index in [1.54, 1.807) is 0 Å². The van der Waals surface area contributed by atoms with Crippen LogP contribution in [0.25, 0.3) is 0 Å². The topological polar surface area (TPSA) is 84.7 Å². The maximum Gasteiger partial charge on any atom is 0.305 e. The van der Waals surface area contributed by atoms with E-state index >= 15 is 0 Å². The van der Waals surface area contributed by atoms with Crippen LogP contribution in [0.4, 0.5) is 0 Å². The quantitative estimate of drug-likeness (QED) is 0.478. The largest absolute Gasteiger partial charge is 0.469 e. The highest BCUT2D eigenvalue weighted by molar-refractivity contribution is 5.78. The molecule has 0 spiro atoms. The molecule has 2 unspecified atom stereocenters. The summed E-state index contributed by atoms with van der Waals surface area (Å²) in [5, 5.41) is 2.86. The third-order valence-electron chi connectivity index (χ3n) is 4.25. The van der Waals surface area contributed by atoms with Crippen LogP contribution in [0.15, 0.2) is 0 Å². The SMILES string of the molecule is CCN(CC(=O)NCCCC(=O)OC)C1CCCC1CN. The van der Waals surface area contributed by atoms with Gasteiger partial charge in [0.05, 0.1) is 13.7 Å². The van der Waals surface area contributed by atoms with Crippen molar-refractivity contribution in [2.24, 2.45) is 11.7 Å². The van der Waals surface area contributed by atoms with Gasteiger partial charge in [0.2, 0.25) is 5.91 Å². The van der Waals surface area contributed by atoms with E-state index in [4.69, 9.17) is 5.73 Å². The molecule has 1 saturated carbocycles. The molecule has 0 aromatic rings. The predicted octanol–water partition coefficient (Wildman–Crippen LogP) is 0.505. The Morgan fingerprint density at radius 1 is 1.38 bits per heavy atom. The number of rotatable bonds is 9. The van der Waals surface area contributed by atoms with Gasteiger partial charge in [0.25, 0.3) is 0 Å². The summed E-state index contributed by atoms with van der Waals surface area (Å²) in [6.45, 7) is 4.56. The van der Waals surface area contributed by atoms with Crippen LogP contribution in [0, 0.1) is 5.92 Å². The van der Waals surface area contributed by atoms with Crippen molar-refractivity contribution < 1.29 is 14.3 Å². The summed E-state index contributed by atoms with van der Waals surface area (Å²) in [6, 6.07) is 0.431. The maximum atomic E-state index is 12.0. The van der Waals surface area contributed by atoms with E-state index in [2.05, 4.69) is 21.9 Å². The molecule has 1 amide bonds. The molecule has 1 rings (SSSR count). The van der Waals surface area contributed by atoms with Crippen LogP contribution in [-0.4, -0.2) is 56.1 Å². The molecular weight excluding hydrogens is 270 g/mol. The van der Waals surface area contributed by atoms with Gasteiger partial charge in [-0.25, -0.2) is 0 Å². The normalized spacial score (nSPS) is 21.5. The molecule has 3 N–H and O–H groups in total. The van der Waals surface area contributed by atoms with Crippen molar-refractivity contribution in [1.82, 2.24) is 10.2 Å². The number of likely N-dealkylation sites (N-methyl/N-ethyl adjacent to an activating group) is 1. The number of hydrogen-bond acceptors (Lipinski definition) is 5. The molecule has 0 aliphatic heterocycles. The third-order valence-corrected chi connectivity index (χ3v) is 4.25. The number of hydrogen-bond donors (Lipinski definition) is 2. The molecule has 0 saturated heterocycles. The van der Waals surface area contributed by atoms with Crippen molar-refractivity contribution in [1.29, 1.82) is 0 Å². The monoisotopic (exact) mass is 299 g/mol. The van der Waals surface area contributed by atoms with Crippen molar-refractivity contribution in [3.8, 4) is 0 Å². The number of amides is 1. The Labute approximate surface area is 127 Å². The van der Waals surface area contributed by atoms with E-state index < -0.39 is 0 Å². The van der Waals surface area contributed by atoms with E-state index in [1.807, 2.05) is 0 Å². The standard InChI is InChI=1S/C15H29N3O3/c1-3-18(13-7-4-6-12(13)10-16)11-14(19)17-9-5-8-15(20)21-2/h12-13H,3-11,16H2,1-2H3,(H,17,19). The van der Waals surface area contributed by atoms with Crippen molar-refractivity contribution in [3.05, 3.63) is 0 Å². The average Bonchev–Trinajstić information content (AvgIpc) is 2.97. The minimum atomic E-state index is -0.240. The predicted molar refractivity (Wildman–Crippen MR) is 81.7 cm³/mol. The van der Waals surface area contributed by atoms with Crippen LogP contribution in [-0.2, 0) is 14.3 Å². The van der Waals surface area contributed by atoms with Crippen molar-refractivity contribution >= 4 is 11.9 Å². The van der Waals surface area contributed by atoms with Gasteiger partial charge in [-0.3, -0.25) is 14.5 Å². The van der Waals surface area contributed by atoms with Crippen LogP contribution in [0.3, 0.4) is 0 Å². The first-order valence-electron chi connectivity index (χ1n) is 7.90. The summed E-state index contributed by atoms with van der Waals surface area (Å²) in [5.74, 6) is 0.289. The van der Waals surface area contributed by atoms with Crippen molar-refractivity contribution in [3.63, 3.8) is 0 Å². The second-order valence-electron chi connectivity index (χ2n) is 5.59. The summed E-state index contributed by atoms with van der Waals surface area (Å²) in [6.07, 6.45) is 4.44. The molecule has 0 aromatic heterocycles. The summed E-state index contributed by atoms with van der Waals surface area (Å²) >= 11 is 0. The van der Waals surface area contributed by atoms with E-state index in [1.165, 1.54) is 20.0 Å². The van der Waals surface area contributed by atoms with Crippen LogP contribution in [0.2, 0.25) is 0 Å². The maximum absolute atomic E-state index is 12.0. The highest BCUT2D eigenvalue weighted by atomic mass is 16.5. The lowest BCUT2D eigenvalue weighted by atomic mass is 10.0. The van der Waals surface area contributed by atoms with Gasteiger partial charge in [0, 0.05) is 19.0 Å². The second kappa shape index (κ2) is 9.73. The highest BCUT2D eigenvalue weighted by Gasteiger charge is 2.31. The molecule has 6 nitrogen and oxygen atoms in total. The number of ether oxygens (including phenoxy) is 1. The zero-order valence-corrected chi connectivity index (χ0v) is 13.3. The van der Waals surface area contributed by atoms with Gasteiger partial charge in [0.15, 0.2) is 0 Å². The van der Waals surface area contributed by atoms with Gasteiger partial charge in [-0.1, -0.05) is 13.3 Å². The first-order valence-corrected chi connectivity index (χ1v) is 7.90. The molecular formula is C15H29N3O3. The van der Waals surface area contributed by atoms with Crippen LogP contribution in [0.5, 0.6) is 0 Å². The fourth-order valence-corrected chi connectivity index (χ4v) is 3.04. The van der Waals surface area contributed by atoms with Crippen LogP contribution >= 0.6 is 0 Å². The molecule has 0 aromatic carbocycles. The lowest BCUT2D eigenvalue weighted by molar-refractivity contribution is -0.140. The summed E-state index contributed by atoms with van der Waals surface area (Å²) < 4.78 is 4.56. The Balaban J connectivity index is 2.29. The summed E-state index contributed by atoms with van der Waals surface area (Å²) in [7, 11) is 1.37. The molecule has 0 heterocycles. The third kappa shape index (κ3) is 6.01. The zero-order valence-electron chi connectivity index (χ0n) is 13.3. The fraction of sp³-hybridized carbons (Fsp3) is 0.867. The number of nitrogens with two attached hydrogens (primary N) is 1. The molecule has 2 atom stereocenters. The molecule has 0 radical (unpaired) electrons. The number of carbonyl (C=O) groups excluding carboxylic acids is 2. The minimum Gasteiger partial charge on any atom is -0.469 e. The number of nitrogens with one attached hydrogen (secondary N) is 1. The molecule has 1 aliphatic rings. The Morgan fingerprint density at radius 2 is 2.14 bits per heavy atom. The zero-order chi connectivity index (χ0) is 15.7. The van der Waals surface area contributed by atoms with Gasteiger partial charge in [0.1, 0.15) is 0 Å². The first kappa shape index (κ1) is 17.9. The first-order chi connectivity index (χ1) is 10.1. The van der Waals surface area contributed by atoms with Gasteiger partial charge >= 0.3 is 5.97 Å². The Morgan fingerprint density at radius 3 is 2.76 bits per heavy atom. The molecule has 6 heteroatoms. The Hall–Kier alpha value is -1.14. The van der Waals surface area contributed by atoms with Crippen LogP contribution < -0.4 is 11.1 Å². The number of nitrogens with zero attached hydrogens (tertiary/aromatic N) is 1. The number of methoxy groups -OCH3 is 1. The Kier molecular flexibility index (Phi) is 8.30. The van der Waals surface area contributed by atoms with Gasteiger partial charge in [-0.05, 0) is 38.3 Å². The van der Waals surface area contributed by atoms with Crippen molar-refractivity contribution in [2.75, 3.05) is 33.3 Å². The van der Waals surface area contributed by atoms with E-state index in [0.717, 1.165) is 13.0 Å². The number of carbonyl (C=O) groups is 2. The smallest absolute Gasteiger partial charge is 0.305 e. The fourth-order valence-electron chi connectivity index (χ4n) is 3.04. The summed E-state index contributed by atoms with van der Waals surface area (Å²) in [4.78, 5) is 25.2. The van der Waals surface area contributed by atoms with Gasteiger partial charge in [-0.2, -0.15) is 0 Å². The molecule has 122 valence electrons. The lowest BCUT2D eigenvalue weighted by Crippen LogP contribution is -2.45. The second-order valence-corrected chi connectivity index (χ2v) is 5.59. The Bertz CT molecular complexity index is 336. The molecule has 21 heavy (non-hydrogen) atoms. The molecule has 1 aliphatic carbocycles. The van der Waals surface area contributed by atoms with Crippen molar-refractivity contribution in [2.45, 2.75) is 45.1 Å². The average molecular weight is 299 g/mol. The lowest BCUT2D eigenvalue weighted by Gasteiger charge is -2.31. The summed E-state index contributed by atoms with van der Waals surface area (Å²) in [5.41, 5.74) is 5.82. The minimum absolute atomic E-state index is 0.0180. The highest BCUT2D eigenvalue weighted by Crippen LogP contribution is 2.28. The number of esters is 1. The molecule has 0 bridgehead atoms. The molecule has 1 fully saturated rings. The van der Waals surface area contributed by atoms with E-state index in [-0.39, 0.29) is 11.9 Å². The van der Waals surface area contributed by atoms with E-state index in [9.17, 15) is 9.59 Å². The van der Waals surface area contributed by atoms with Crippen LogP contribution in [0.1, 0.15) is 39.0 Å². The van der Waals surface area contributed by atoms with E-state index in [0.29, 0.717) is 44.4 Å². The van der Waals surface area contributed by atoms with Gasteiger partial charge in [-0.15, -0.1) is 0 Å². The van der Waals surface area contributed by atoms with Gasteiger partial charge < -0.3 is 15.8 Å².